The van der Waals surface area contributed by atoms with Crippen LogP contribution < -0.4 is 15.6 Å². The third-order valence-electron chi connectivity index (χ3n) is 3.96. The molecule has 0 saturated carbocycles. The summed E-state index contributed by atoms with van der Waals surface area (Å²) in [4.78, 5) is 31.7. The van der Waals surface area contributed by atoms with Crippen molar-refractivity contribution in [3.8, 4) is 11.5 Å². The number of amides is 2. The molecule has 10 nitrogen and oxygen atoms in total. The van der Waals surface area contributed by atoms with Crippen LogP contribution in [0, 0.1) is 0 Å². The van der Waals surface area contributed by atoms with Crippen LogP contribution in [-0.2, 0) is 0 Å². The van der Waals surface area contributed by atoms with Crippen LogP contribution in [0.5, 0.6) is 11.5 Å². The van der Waals surface area contributed by atoms with E-state index in [9.17, 15) is 14.7 Å². The Morgan fingerprint density at radius 3 is 1.94 bits per heavy atom. The Bertz CT molecular complexity index is 1120. The second-order valence-electron chi connectivity index (χ2n) is 6.03. The summed E-state index contributed by atoms with van der Waals surface area (Å²) in [5.74, 6) is -0.816. The highest BCUT2D eigenvalue weighted by Gasteiger charge is 2.10. The minimum Gasteiger partial charge on any atom is -0.504 e. The summed E-state index contributed by atoms with van der Waals surface area (Å²) in [6, 6.07) is 9.23. The first-order valence-electron chi connectivity index (χ1n) is 8.96. The number of carbonyl (C=O) groups excluding carboxylic acids is 2. The zero-order valence-corrected chi connectivity index (χ0v) is 16.4. The second-order valence-corrected chi connectivity index (χ2v) is 6.03. The molecule has 0 aliphatic carbocycles. The largest absolute Gasteiger partial charge is 0.504 e. The van der Waals surface area contributed by atoms with Gasteiger partial charge in [-0.15, -0.1) is 0 Å². The molecule has 3 N–H and O–H groups in total. The fourth-order valence-corrected chi connectivity index (χ4v) is 2.51. The molecule has 2 heterocycles. The molecule has 0 bridgehead atoms. The molecule has 0 spiro atoms. The van der Waals surface area contributed by atoms with Gasteiger partial charge in [-0.3, -0.25) is 19.6 Å². The van der Waals surface area contributed by atoms with Crippen molar-refractivity contribution in [1.29, 1.82) is 0 Å². The van der Waals surface area contributed by atoms with E-state index in [1.807, 2.05) is 0 Å². The normalized spacial score (nSPS) is 10.9. The molecule has 0 aliphatic heterocycles. The molecule has 2 amide bonds. The number of methoxy groups -OCH3 is 1. The SMILES string of the molecule is COc1c(O)cc(/C=N/NC(=O)c2ccncc2)cc1/C=N/NC(=O)c1ccncc1. The van der Waals surface area contributed by atoms with Gasteiger partial charge in [0.1, 0.15) is 0 Å². The van der Waals surface area contributed by atoms with E-state index in [-0.39, 0.29) is 11.5 Å². The van der Waals surface area contributed by atoms with Crippen molar-refractivity contribution in [2.24, 2.45) is 10.2 Å². The summed E-state index contributed by atoms with van der Waals surface area (Å²) in [6.45, 7) is 0. The molecule has 0 atom stereocenters. The third kappa shape index (κ3) is 5.70. The fourth-order valence-electron chi connectivity index (χ4n) is 2.51. The molecule has 0 saturated heterocycles. The van der Waals surface area contributed by atoms with Gasteiger partial charge in [0.25, 0.3) is 11.8 Å². The number of nitrogens with one attached hydrogen (secondary N) is 2. The van der Waals surface area contributed by atoms with E-state index in [2.05, 4.69) is 31.0 Å². The zero-order valence-electron chi connectivity index (χ0n) is 16.4. The Morgan fingerprint density at radius 1 is 0.903 bits per heavy atom. The predicted octanol–water partition coefficient (Wildman–Crippen LogP) is 1.72. The first kappa shape index (κ1) is 21.1. The molecule has 3 rings (SSSR count). The smallest absolute Gasteiger partial charge is 0.271 e. The van der Waals surface area contributed by atoms with Gasteiger partial charge in [0.15, 0.2) is 11.5 Å². The molecule has 0 fully saturated rings. The number of hydrazone groups is 2. The van der Waals surface area contributed by atoms with Crippen LogP contribution in [0.3, 0.4) is 0 Å². The molecule has 156 valence electrons. The molecule has 0 unspecified atom stereocenters. The Balaban J connectivity index is 1.72. The number of benzene rings is 1. The van der Waals surface area contributed by atoms with Crippen LogP contribution in [-0.4, -0.2) is 46.4 Å². The number of phenolic OH excluding ortho intramolecular Hbond substituents is 1. The fraction of sp³-hybridized carbons (Fsp3) is 0.0476. The Labute approximate surface area is 177 Å². The van der Waals surface area contributed by atoms with E-state index in [0.29, 0.717) is 22.3 Å². The van der Waals surface area contributed by atoms with E-state index in [1.165, 1.54) is 50.4 Å². The lowest BCUT2D eigenvalue weighted by molar-refractivity contribution is 0.0947. The van der Waals surface area contributed by atoms with E-state index < -0.39 is 11.8 Å². The van der Waals surface area contributed by atoms with Gasteiger partial charge in [0.2, 0.25) is 0 Å². The van der Waals surface area contributed by atoms with E-state index in [1.54, 1.807) is 30.3 Å². The highest BCUT2D eigenvalue weighted by Crippen LogP contribution is 2.30. The minimum absolute atomic E-state index is 0.158. The predicted molar refractivity (Wildman–Crippen MR) is 113 cm³/mol. The quantitative estimate of drug-likeness (QED) is 0.394. The summed E-state index contributed by atoms with van der Waals surface area (Å²) in [5, 5.41) is 18.0. The van der Waals surface area contributed by atoms with Crippen LogP contribution >= 0.6 is 0 Å². The van der Waals surface area contributed by atoms with Crippen molar-refractivity contribution in [3.05, 3.63) is 83.4 Å². The topological polar surface area (TPSA) is 138 Å². The van der Waals surface area contributed by atoms with Gasteiger partial charge < -0.3 is 9.84 Å². The maximum Gasteiger partial charge on any atom is 0.271 e. The number of aromatic nitrogens is 2. The van der Waals surface area contributed by atoms with Crippen molar-refractivity contribution in [1.82, 2.24) is 20.8 Å². The van der Waals surface area contributed by atoms with Crippen molar-refractivity contribution >= 4 is 24.2 Å². The van der Waals surface area contributed by atoms with Crippen molar-refractivity contribution in [3.63, 3.8) is 0 Å². The molecular formula is C21H18N6O4. The average molecular weight is 418 g/mol. The number of carbonyl (C=O) groups is 2. The van der Waals surface area contributed by atoms with Crippen molar-refractivity contribution < 1.29 is 19.4 Å². The van der Waals surface area contributed by atoms with Gasteiger partial charge in [-0.1, -0.05) is 0 Å². The summed E-state index contributed by atoms with van der Waals surface area (Å²) in [7, 11) is 1.39. The average Bonchev–Trinajstić information content (AvgIpc) is 2.80. The number of nitrogens with zero attached hydrogens (tertiary/aromatic N) is 4. The van der Waals surface area contributed by atoms with Gasteiger partial charge in [0.05, 0.1) is 19.5 Å². The third-order valence-corrected chi connectivity index (χ3v) is 3.96. The lowest BCUT2D eigenvalue weighted by atomic mass is 10.1. The monoisotopic (exact) mass is 418 g/mol. The maximum absolute atomic E-state index is 12.0. The molecule has 3 aromatic rings. The molecular weight excluding hydrogens is 400 g/mol. The Kier molecular flexibility index (Phi) is 6.99. The minimum atomic E-state index is -0.418. The van der Waals surface area contributed by atoms with Gasteiger partial charge in [-0.2, -0.15) is 10.2 Å². The first-order valence-corrected chi connectivity index (χ1v) is 8.96. The summed E-state index contributed by atoms with van der Waals surface area (Å²) >= 11 is 0. The number of ether oxygens (including phenoxy) is 1. The molecule has 31 heavy (non-hydrogen) atoms. The number of rotatable bonds is 7. The molecule has 2 aromatic heterocycles. The van der Waals surface area contributed by atoms with Gasteiger partial charge in [-0.05, 0) is 42.0 Å². The maximum atomic E-state index is 12.0. The lowest BCUT2D eigenvalue weighted by Gasteiger charge is -2.08. The zero-order chi connectivity index (χ0) is 22.1. The highest BCUT2D eigenvalue weighted by molar-refractivity contribution is 5.96. The number of pyridine rings is 2. The second kappa shape index (κ2) is 10.3. The molecule has 10 heteroatoms. The number of hydrogen-bond acceptors (Lipinski definition) is 8. The number of phenols is 1. The molecule has 0 radical (unpaired) electrons. The summed E-state index contributed by atoms with van der Waals surface area (Å²) in [6.07, 6.45) is 8.67. The van der Waals surface area contributed by atoms with Gasteiger partial charge in [0, 0.05) is 41.5 Å². The van der Waals surface area contributed by atoms with Gasteiger partial charge >= 0.3 is 0 Å². The van der Waals surface area contributed by atoms with Crippen molar-refractivity contribution in [2.45, 2.75) is 0 Å². The van der Waals surface area contributed by atoms with Crippen LogP contribution in [0.4, 0.5) is 0 Å². The molecule has 1 aromatic carbocycles. The van der Waals surface area contributed by atoms with E-state index in [4.69, 9.17) is 4.74 Å². The van der Waals surface area contributed by atoms with Crippen LogP contribution in [0.2, 0.25) is 0 Å². The van der Waals surface area contributed by atoms with Crippen molar-refractivity contribution in [2.75, 3.05) is 7.11 Å². The summed E-state index contributed by atoms with van der Waals surface area (Å²) in [5.41, 5.74) is 6.43. The number of hydrogen-bond donors (Lipinski definition) is 3. The van der Waals surface area contributed by atoms with Gasteiger partial charge in [-0.25, -0.2) is 10.9 Å². The van der Waals surface area contributed by atoms with Crippen LogP contribution in [0.25, 0.3) is 0 Å². The highest BCUT2D eigenvalue weighted by atomic mass is 16.5. The standard InChI is InChI=1S/C21H18N6O4/c1-31-19-17(13-25-27-21(30)16-4-8-23-9-5-16)10-14(11-18(19)28)12-24-26-20(29)15-2-6-22-7-3-15/h2-13,28H,1H3,(H,26,29)(H,27,30)/b24-12+,25-13+. The van der Waals surface area contributed by atoms with E-state index in [0.717, 1.165) is 0 Å². The number of aromatic hydroxyl groups is 1. The van der Waals surface area contributed by atoms with E-state index >= 15 is 0 Å². The molecule has 0 aliphatic rings. The Morgan fingerprint density at radius 2 is 1.42 bits per heavy atom. The van der Waals surface area contributed by atoms with Crippen LogP contribution in [0.1, 0.15) is 31.8 Å². The summed E-state index contributed by atoms with van der Waals surface area (Å²) < 4.78 is 5.19. The first-order chi connectivity index (χ1) is 15.1. The van der Waals surface area contributed by atoms with Crippen LogP contribution in [0.15, 0.2) is 71.4 Å². The lowest BCUT2D eigenvalue weighted by Crippen LogP contribution is -2.17. The Hall–Kier alpha value is -4.60.